The molecule has 0 saturated carbocycles. The molecule has 0 amide bonds. The van der Waals surface area contributed by atoms with E-state index in [1.165, 1.54) is 6.07 Å². The second-order valence-corrected chi connectivity index (χ2v) is 6.31. The smallest absolute Gasteiger partial charge is 0.181 e. The largest absolute Gasteiger partial charge is 0.314 e. The Morgan fingerprint density at radius 1 is 1.32 bits per heavy atom. The fourth-order valence-corrected chi connectivity index (χ4v) is 3.36. The van der Waals surface area contributed by atoms with Crippen molar-refractivity contribution < 1.29 is 4.39 Å². The Morgan fingerprint density at radius 3 is 3.04 bits per heavy atom. The van der Waals surface area contributed by atoms with Gasteiger partial charge in [0.2, 0.25) is 0 Å². The molecule has 25 heavy (non-hydrogen) atoms. The van der Waals surface area contributed by atoms with Gasteiger partial charge in [-0.15, -0.1) is 12.4 Å². The zero-order chi connectivity index (χ0) is 16.5. The van der Waals surface area contributed by atoms with E-state index in [1.807, 2.05) is 19.2 Å². The first-order valence-corrected chi connectivity index (χ1v) is 8.20. The molecule has 0 aliphatic carbocycles. The van der Waals surface area contributed by atoms with Crippen molar-refractivity contribution in [3.8, 4) is 0 Å². The van der Waals surface area contributed by atoms with Crippen LogP contribution < -0.4 is 5.32 Å². The second kappa shape index (κ2) is 7.47. The van der Waals surface area contributed by atoms with Crippen LogP contribution in [0.1, 0.15) is 22.9 Å². The number of aromatic amines is 1. The maximum Gasteiger partial charge on any atom is 0.181 e. The highest BCUT2D eigenvalue weighted by atomic mass is 35.5. The normalized spacial score (nSPS) is 18.2. The standard InChI is InChI=1S/C18H20FN5.ClH/c1-12-16-7-13(9-21-18(16)23-22-12)11-24-6-5-20-10-17(24)14-3-2-4-15(19)8-14;/h2-4,7-9,17,20H,5-6,10-11H2,1H3,(H,21,22,23);1H. The van der Waals surface area contributed by atoms with Gasteiger partial charge < -0.3 is 5.32 Å². The van der Waals surface area contributed by atoms with E-state index < -0.39 is 0 Å². The highest BCUT2D eigenvalue weighted by molar-refractivity contribution is 5.85. The van der Waals surface area contributed by atoms with Gasteiger partial charge in [0.25, 0.3) is 0 Å². The van der Waals surface area contributed by atoms with Crippen molar-refractivity contribution in [3.05, 3.63) is 59.2 Å². The van der Waals surface area contributed by atoms with Crippen LogP contribution in [0.5, 0.6) is 0 Å². The highest BCUT2D eigenvalue weighted by Gasteiger charge is 2.24. The number of nitrogens with zero attached hydrogens (tertiary/aromatic N) is 3. The molecule has 1 fully saturated rings. The summed E-state index contributed by atoms with van der Waals surface area (Å²) in [6.45, 7) is 5.47. The van der Waals surface area contributed by atoms with Crippen LogP contribution in [0.3, 0.4) is 0 Å². The predicted molar refractivity (Wildman–Crippen MR) is 98.3 cm³/mol. The summed E-state index contributed by atoms with van der Waals surface area (Å²) in [4.78, 5) is 6.81. The monoisotopic (exact) mass is 361 g/mol. The molecule has 2 N–H and O–H groups in total. The predicted octanol–water partition coefficient (Wildman–Crippen LogP) is 2.97. The van der Waals surface area contributed by atoms with Crippen LogP contribution in [0.25, 0.3) is 11.0 Å². The van der Waals surface area contributed by atoms with Gasteiger partial charge in [0, 0.05) is 49.5 Å². The van der Waals surface area contributed by atoms with Crippen LogP contribution in [0.4, 0.5) is 4.39 Å². The summed E-state index contributed by atoms with van der Waals surface area (Å²) < 4.78 is 13.6. The van der Waals surface area contributed by atoms with Crippen LogP contribution in [0, 0.1) is 12.7 Å². The van der Waals surface area contributed by atoms with Gasteiger partial charge in [0.1, 0.15) is 5.82 Å². The van der Waals surface area contributed by atoms with E-state index in [-0.39, 0.29) is 24.3 Å². The van der Waals surface area contributed by atoms with Gasteiger partial charge in [-0.2, -0.15) is 5.10 Å². The third kappa shape index (κ3) is 3.66. The van der Waals surface area contributed by atoms with Crippen LogP contribution >= 0.6 is 12.4 Å². The number of hydrogen-bond donors (Lipinski definition) is 2. The Balaban J connectivity index is 0.00000182. The number of piperazine rings is 1. The van der Waals surface area contributed by atoms with Gasteiger partial charge in [-0.05, 0) is 36.2 Å². The molecule has 0 radical (unpaired) electrons. The van der Waals surface area contributed by atoms with Gasteiger partial charge in [-0.25, -0.2) is 9.37 Å². The van der Waals surface area contributed by atoms with E-state index in [0.717, 1.165) is 54.0 Å². The second-order valence-electron chi connectivity index (χ2n) is 6.31. The SMILES string of the molecule is Cc1[nH]nc2ncc(CN3CCNCC3c3cccc(F)c3)cc12.Cl. The highest BCUT2D eigenvalue weighted by Crippen LogP contribution is 2.25. The van der Waals surface area contributed by atoms with Gasteiger partial charge in [0.15, 0.2) is 5.65 Å². The van der Waals surface area contributed by atoms with Gasteiger partial charge >= 0.3 is 0 Å². The zero-order valence-corrected chi connectivity index (χ0v) is 14.8. The molecule has 132 valence electrons. The minimum atomic E-state index is -0.185. The van der Waals surface area contributed by atoms with Gasteiger partial charge in [0.05, 0.1) is 0 Å². The number of halogens is 2. The van der Waals surface area contributed by atoms with Crippen molar-refractivity contribution >= 4 is 23.4 Å². The maximum absolute atomic E-state index is 13.6. The third-order valence-electron chi connectivity index (χ3n) is 4.63. The first-order valence-electron chi connectivity index (χ1n) is 8.20. The number of aromatic nitrogens is 3. The molecule has 1 unspecified atom stereocenters. The molecule has 7 heteroatoms. The topological polar surface area (TPSA) is 56.8 Å². The number of nitrogens with one attached hydrogen (secondary N) is 2. The van der Waals surface area contributed by atoms with Crippen LogP contribution in [-0.2, 0) is 6.54 Å². The van der Waals surface area contributed by atoms with E-state index in [1.54, 1.807) is 12.1 Å². The molecular weight excluding hydrogens is 341 g/mol. The van der Waals surface area contributed by atoms with Crippen LogP contribution in [-0.4, -0.2) is 39.7 Å². The van der Waals surface area contributed by atoms with E-state index in [2.05, 4.69) is 31.5 Å². The zero-order valence-electron chi connectivity index (χ0n) is 14.0. The minimum Gasteiger partial charge on any atom is -0.314 e. The summed E-state index contributed by atoms with van der Waals surface area (Å²) in [7, 11) is 0. The number of hydrogen-bond acceptors (Lipinski definition) is 4. The molecule has 1 aliphatic heterocycles. The van der Waals surface area contributed by atoms with E-state index >= 15 is 0 Å². The third-order valence-corrected chi connectivity index (χ3v) is 4.63. The summed E-state index contributed by atoms with van der Waals surface area (Å²) in [6.07, 6.45) is 1.88. The lowest BCUT2D eigenvalue weighted by molar-refractivity contribution is 0.153. The Morgan fingerprint density at radius 2 is 2.20 bits per heavy atom. The Kier molecular flexibility index (Phi) is 5.32. The number of benzene rings is 1. The van der Waals surface area contributed by atoms with Crippen molar-refractivity contribution in [3.63, 3.8) is 0 Å². The Labute approximate surface area is 152 Å². The molecule has 1 atom stereocenters. The molecule has 4 rings (SSSR count). The maximum atomic E-state index is 13.6. The molecule has 3 heterocycles. The summed E-state index contributed by atoms with van der Waals surface area (Å²) >= 11 is 0. The van der Waals surface area contributed by atoms with Crippen molar-refractivity contribution in [2.75, 3.05) is 19.6 Å². The average molecular weight is 362 g/mol. The first kappa shape index (κ1) is 17.8. The van der Waals surface area contributed by atoms with Crippen LogP contribution in [0.15, 0.2) is 36.5 Å². The average Bonchev–Trinajstić information content (AvgIpc) is 2.96. The Bertz CT molecular complexity index is 866. The molecular formula is C18H21ClFN5. The number of pyridine rings is 1. The minimum absolute atomic E-state index is 0. The summed E-state index contributed by atoms with van der Waals surface area (Å²) in [5.41, 5.74) is 3.94. The van der Waals surface area contributed by atoms with Gasteiger partial charge in [-0.1, -0.05) is 12.1 Å². The summed E-state index contributed by atoms with van der Waals surface area (Å²) in [5, 5.41) is 11.6. The number of rotatable bonds is 3. The lowest BCUT2D eigenvalue weighted by atomic mass is 10.0. The van der Waals surface area contributed by atoms with Crippen molar-refractivity contribution in [2.24, 2.45) is 0 Å². The van der Waals surface area contributed by atoms with Crippen molar-refractivity contribution in [1.29, 1.82) is 0 Å². The molecule has 1 aromatic carbocycles. The first-order chi connectivity index (χ1) is 11.7. The summed E-state index contributed by atoms with van der Waals surface area (Å²) in [5.74, 6) is -0.185. The molecule has 2 aromatic heterocycles. The fourth-order valence-electron chi connectivity index (χ4n) is 3.36. The van der Waals surface area contributed by atoms with Crippen molar-refractivity contribution in [2.45, 2.75) is 19.5 Å². The molecule has 0 spiro atoms. The van der Waals surface area contributed by atoms with Crippen LogP contribution in [0.2, 0.25) is 0 Å². The molecule has 0 bridgehead atoms. The molecule has 1 saturated heterocycles. The van der Waals surface area contributed by atoms with E-state index in [9.17, 15) is 4.39 Å². The Hall–Kier alpha value is -2.02. The van der Waals surface area contributed by atoms with Gasteiger partial charge in [-0.3, -0.25) is 10.00 Å². The summed E-state index contributed by atoms with van der Waals surface area (Å²) in [6, 6.07) is 9.20. The van der Waals surface area contributed by atoms with E-state index in [0.29, 0.717) is 0 Å². The fraction of sp³-hybridized carbons (Fsp3) is 0.333. The number of aryl methyl sites for hydroxylation is 1. The molecule has 3 aromatic rings. The van der Waals surface area contributed by atoms with E-state index in [4.69, 9.17) is 0 Å². The van der Waals surface area contributed by atoms with Crippen molar-refractivity contribution in [1.82, 2.24) is 25.4 Å². The number of H-pyrrole nitrogens is 1. The quantitative estimate of drug-likeness (QED) is 0.753. The molecule has 5 nitrogen and oxygen atoms in total. The molecule has 1 aliphatic rings. The number of fused-ring (bicyclic) bond motifs is 1. The lowest BCUT2D eigenvalue weighted by Crippen LogP contribution is -2.45. The lowest BCUT2D eigenvalue weighted by Gasteiger charge is -2.36.